The Labute approximate surface area is 141 Å². The lowest BCUT2D eigenvalue weighted by Gasteiger charge is -2.43. The van der Waals surface area contributed by atoms with Crippen LogP contribution >= 0.6 is 0 Å². The SMILES string of the molecule is CO[C@@H]1C(C(=O)O)O[C@@H](O[C@@H]2C(C(=O)O)O[C@@H](O)C[C@H]2O)C(O)[C@H]1O. The van der Waals surface area contributed by atoms with Gasteiger partial charge in [-0.1, -0.05) is 0 Å². The van der Waals surface area contributed by atoms with Crippen LogP contribution in [0.25, 0.3) is 0 Å². The molecule has 144 valence electrons. The zero-order valence-electron chi connectivity index (χ0n) is 13.0. The van der Waals surface area contributed by atoms with Crippen LogP contribution in [0.3, 0.4) is 0 Å². The first kappa shape index (κ1) is 19.9. The van der Waals surface area contributed by atoms with Crippen LogP contribution in [-0.2, 0) is 28.5 Å². The molecule has 2 heterocycles. The fourth-order valence-corrected chi connectivity index (χ4v) is 2.77. The van der Waals surface area contributed by atoms with Crippen LogP contribution in [0.15, 0.2) is 0 Å². The summed E-state index contributed by atoms with van der Waals surface area (Å²) in [5, 5.41) is 57.6. The van der Waals surface area contributed by atoms with Crippen LogP contribution in [0.5, 0.6) is 0 Å². The molecule has 2 aliphatic heterocycles. The maximum atomic E-state index is 11.2. The summed E-state index contributed by atoms with van der Waals surface area (Å²) in [6.45, 7) is 0. The van der Waals surface area contributed by atoms with Gasteiger partial charge in [0.05, 0.1) is 6.10 Å². The summed E-state index contributed by atoms with van der Waals surface area (Å²) in [6, 6.07) is 0. The number of aliphatic carboxylic acids is 2. The van der Waals surface area contributed by atoms with Gasteiger partial charge in [0.25, 0.3) is 0 Å². The molecule has 0 radical (unpaired) electrons. The Morgan fingerprint density at radius 3 is 2.00 bits per heavy atom. The Morgan fingerprint density at radius 1 is 0.920 bits per heavy atom. The van der Waals surface area contributed by atoms with E-state index in [4.69, 9.17) is 29.2 Å². The van der Waals surface area contributed by atoms with Gasteiger partial charge in [-0.25, -0.2) is 9.59 Å². The predicted molar refractivity (Wildman–Crippen MR) is 73.1 cm³/mol. The molecule has 2 rings (SSSR count). The number of rotatable bonds is 5. The van der Waals surface area contributed by atoms with Gasteiger partial charge in [-0.05, 0) is 0 Å². The second kappa shape index (κ2) is 7.88. The molecule has 0 aromatic heterocycles. The van der Waals surface area contributed by atoms with Crippen molar-refractivity contribution >= 4 is 11.9 Å². The number of ether oxygens (including phenoxy) is 4. The molecule has 0 spiro atoms. The number of carboxylic acids is 2. The van der Waals surface area contributed by atoms with E-state index in [0.29, 0.717) is 0 Å². The minimum atomic E-state index is -1.80. The molecule has 0 aromatic rings. The molecule has 2 fully saturated rings. The summed E-state index contributed by atoms with van der Waals surface area (Å²) in [6.07, 6.45) is -15.2. The molecule has 6 N–H and O–H groups in total. The first-order valence-electron chi connectivity index (χ1n) is 7.34. The smallest absolute Gasteiger partial charge is 0.335 e. The summed E-state index contributed by atoms with van der Waals surface area (Å²) >= 11 is 0. The second-order valence-electron chi connectivity index (χ2n) is 5.70. The summed E-state index contributed by atoms with van der Waals surface area (Å²) in [7, 11) is 1.11. The average molecular weight is 368 g/mol. The van der Waals surface area contributed by atoms with Gasteiger partial charge in [-0.3, -0.25) is 0 Å². The first-order chi connectivity index (χ1) is 11.7. The largest absolute Gasteiger partial charge is 0.479 e. The van der Waals surface area contributed by atoms with E-state index in [1.165, 1.54) is 0 Å². The zero-order valence-corrected chi connectivity index (χ0v) is 13.0. The van der Waals surface area contributed by atoms with Crippen molar-refractivity contribution in [2.24, 2.45) is 0 Å². The van der Waals surface area contributed by atoms with E-state index in [9.17, 15) is 30.0 Å². The molecular weight excluding hydrogens is 348 g/mol. The molecule has 2 saturated heterocycles. The molecule has 0 aliphatic carbocycles. The number of hydrogen-bond donors (Lipinski definition) is 6. The first-order valence-corrected chi connectivity index (χ1v) is 7.34. The second-order valence-corrected chi connectivity index (χ2v) is 5.70. The van der Waals surface area contributed by atoms with Crippen molar-refractivity contribution in [3.63, 3.8) is 0 Å². The number of aliphatic hydroxyl groups excluding tert-OH is 4. The zero-order chi connectivity index (χ0) is 18.9. The number of methoxy groups -OCH3 is 1. The molecule has 12 heteroatoms. The van der Waals surface area contributed by atoms with Crippen LogP contribution < -0.4 is 0 Å². The minimum Gasteiger partial charge on any atom is -0.479 e. The van der Waals surface area contributed by atoms with Gasteiger partial charge in [0.1, 0.15) is 24.4 Å². The van der Waals surface area contributed by atoms with Gasteiger partial charge in [0.2, 0.25) is 0 Å². The standard InChI is InChI=1S/C13H20O12/c1-22-8-5(16)6(17)13(25-10(8)12(20)21)24-7-3(14)2-4(15)23-9(7)11(18)19/h3-10,13-17H,2H2,1H3,(H,18,19)(H,20,21)/t3-,4-,5-,6?,7+,8+,9?,10?,13-/m1/s1. The third kappa shape index (κ3) is 4.07. The fourth-order valence-electron chi connectivity index (χ4n) is 2.77. The third-order valence-corrected chi connectivity index (χ3v) is 4.02. The van der Waals surface area contributed by atoms with Crippen molar-refractivity contribution in [2.45, 2.75) is 61.7 Å². The molecule has 0 aromatic carbocycles. The summed E-state index contributed by atoms with van der Waals surface area (Å²) in [5.41, 5.74) is 0. The quantitative estimate of drug-likeness (QED) is 0.280. The van der Waals surface area contributed by atoms with E-state index >= 15 is 0 Å². The van der Waals surface area contributed by atoms with Crippen molar-refractivity contribution in [3.8, 4) is 0 Å². The van der Waals surface area contributed by atoms with Crippen LogP contribution in [-0.4, -0.2) is 105 Å². The van der Waals surface area contributed by atoms with Crippen molar-refractivity contribution < 1.29 is 59.2 Å². The maximum Gasteiger partial charge on any atom is 0.335 e. The lowest BCUT2D eigenvalue weighted by atomic mass is 9.97. The van der Waals surface area contributed by atoms with E-state index in [1.54, 1.807) is 0 Å². The van der Waals surface area contributed by atoms with Gasteiger partial charge in [0, 0.05) is 13.5 Å². The highest BCUT2D eigenvalue weighted by Crippen LogP contribution is 2.29. The van der Waals surface area contributed by atoms with Crippen molar-refractivity contribution in [3.05, 3.63) is 0 Å². The fraction of sp³-hybridized carbons (Fsp3) is 0.846. The Kier molecular flexibility index (Phi) is 6.29. The molecular formula is C13H20O12. The monoisotopic (exact) mass is 368 g/mol. The van der Waals surface area contributed by atoms with Crippen LogP contribution in [0.1, 0.15) is 6.42 Å². The number of carbonyl (C=O) groups is 2. The Balaban J connectivity index is 2.19. The van der Waals surface area contributed by atoms with Gasteiger partial charge in [-0.2, -0.15) is 0 Å². The summed E-state index contributed by atoms with van der Waals surface area (Å²) in [5.74, 6) is -3.06. The van der Waals surface area contributed by atoms with E-state index in [2.05, 4.69) is 0 Å². The molecule has 9 atom stereocenters. The van der Waals surface area contributed by atoms with Gasteiger partial charge in [-0.15, -0.1) is 0 Å². The lowest BCUT2D eigenvalue weighted by Crippen LogP contribution is -2.63. The van der Waals surface area contributed by atoms with E-state index in [1.807, 2.05) is 0 Å². The summed E-state index contributed by atoms with van der Waals surface area (Å²) in [4.78, 5) is 22.5. The Bertz CT molecular complexity index is 497. The third-order valence-electron chi connectivity index (χ3n) is 4.02. The van der Waals surface area contributed by atoms with Gasteiger partial charge >= 0.3 is 11.9 Å². The summed E-state index contributed by atoms with van der Waals surface area (Å²) < 4.78 is 19.9. The highest BCUT2D eigenvalue weighted by Gasteiger charge is 2.51. The topological polar surface area (TPSA) is 192 Å². The Morgan fingerprint density at radius 2 is 1.48 bits per heavy atom. The van der Waals surface area contributed by atoms with Crippen LogP contribution in [0, 0.1) is 0 Å². The van der Waals surface area contributed by atoms with Crippen molar-refractivity contribution in [2.75, 3.05) is 7.11 Å². The highest BCUT2D eigenvalue weighted by molar-refractivity contribution is 5.74. The molecule has 2 aliphatic rings. The number of aliphatic hydroxyl groups is 4. The molecule has 0 amide bonds. The molecule has 0 bridgehead atoms. The molecule has 3 unspecified atom stereocenters. The van der Waals surface area contributed by atoms with Crippen molar-refractivity contribution in [1.29, 1.82) is 0 Å². The normalized spacial score (nSPS) is 45.1. The van der Waals surface area contributed by atoms with E-state index in [0.717, 1.165) is 7.11 Å². The minimum absolute atomic E-state index is 0.372. The van der Waals surface area contributed by atoms with E-state index in [-0.39, 0.29) is 6.42 Å². The molecule has 25 heavy (non-hydrogen) atoms. The van der Waals surface area contributed by atoms with Gasteiger partial charge in [0.15, 0.2) is 24.8 Å². The van der Waals surface area contributed by atoms with Gasteiger partial charge < -0.3 is 49.6 Å². The number of carboxylic acid groups (broad SMARTS) is 2. The lowest BCUT2D eigenvalue weighted by molar-refractivity contribution is -0.334. The maximum absolute atomic E-state index is 11.2. The van der Waals surface area contributed by atoms with Crippen molar-refractivity contribution in [1.82, 2.24) is 0 Å². The predicted octanol–water partition coefficient (Wildman–Crippen LogP) is -3.53. The van der Waals surface area contributed by atoms with Crippen LogP contribution in [0.2, 0.25) is 0 Å². The molecule has 12 nitrogen and oxygen atoms in total. The Hall–Kier alpha value is -1.38. The number of hydrogen-bond acceptors (Lipinski definition) is 10. The average Bonchev–Trinajstić information content (AvgIpc) is 2.52. The molecule has 0 saturated carbocycles. The van der Waals surface area contributed by atoms with E-state index < -0.39 is 67.2 Å². The van der Waals surface area contributed by atoms with Crippen LogP contribution in [0.4, 0.5) is 0 Å². The highest BCUT2D eigenvalue weighted by atomic mass is 16.7.